The van der Waals surface area contributed by atoms with Crippen molar-refractivity contribution in [2.75, 3.05) is 0 Å². The summed E-state index contributed by atoms with van der Waals surface area (Å²) in [6.07, 6.45) is 1.31. The van der Waals surface area contributed by atoms with Crippen LogP contribution >= 0.6 is 0 Å². The first kappa shape index (κ1) is 14.2. The Morgan fingerprint density at radius 2 is 1.94 bits per heavy atom. The summed E-state index contributed by atoms with van der Waals surface area (Å²) < 4.78 is 0. The number of rotatable bonds is 6. The Hall–Kier alpha value is -1.88. The average molecular weight is 250 g/mol. The molecular formula is C13H18N2O3. The molecule has 0 aliphatic heterocycles. The number of aliphatic carboxylic acids is 1. The van der Waals surface area contributed by atoms with Crippen LogP contribution in [0.25, 0.3) is 0 Å². The van der Waals surface area contributed by atoms with Gasteiger partial charge < -0.3 is 16.2 Å². The molecule has 0 fully saturated rings. The first-order valence-electron chi connectivity index (χ1n) is 5.90. The normalized spacial score (nSPS) is 13.7. The Bertz CT molecular complexity index is 406. The third-order valence-electron chi connectivity index (χ3n) is 2.60. The Labute approximate surface area is 106 Å². The maximum absolute atomic E-state index is 11.7. The predicted octanol–water partition coefficient (Wildman–Crippen LogP) is 1.06. The summed E-state index contributed by atoms with van der Waals surface area (Å²) >= 11 is 0. The maximum atomic E-state index is 11.7. The van der Waals surface area contributed by atoms with E-state index in [2.05, 4.69) is 5.32 Å². The molecule has 0 bridgehead atoms. The zero-order valence-corrected chi connectivity index (χ0v) is 10.3. The number of carboxylic acid groups (broad SMARTS) is 1. The first-order chi connectivity index (χ1) is 8.56. The summed E-state index contributed by atoms with van der Waals surface area (Å²) in [5.74, 6) is -1.54. The van der Waals surface area contributed by atoms with Gasteiger partial charge in [0.1, 0.15) is 0 Å². The molecule has 0 aliphatic carbocycles. The van der Waals surface area contributed by atoms with Crippen LogP contribution in [0, 0.1) is 0 Å². The van der Waals surface area contributed by atoms with Crippen molar-refractivity contribution >= 4 is 11.9 Å². The number of nitrogens with one attached hydrogen (secondary N) is 1. The van der Waals surface area contributed by atoms with Crippen LogP contribution in [0.5, 0.6) is 0 Å². The van der Waals surface area contributed by atoms with Crippen molar-refractivity contribution < 1.29 is 14.7 Å². The fourth-order valence-corrected chi connectivity index (χ4v) is 1.62. The molecule has 1 rings (SSSR count). The largest absolute Gasteiger partial charge is 0.479 e. The zero-order chi connectivity index (χ0) is 13.5. The van der Waals surface area contributed by atoms with Gasteiger partial charge >= 0.3 is 5.97 Å². The zero-order valence-electron chi connectivity index (χ0n) is 10.3. The lowest BCUT2D eigenvalue weighted by Gasteiger charge is -2.17. The Morgan fingerprint density at radius 3 is 2.44 bits per heavy atom. The second-order valence-corrected chi connectivity index (χ2v) is 4.09. The van der Waals surface area contributed by atoms with Gasteiger partial charge in [0.25, 0.3) is 0 Å². The van der Waals surface area contributed by atoms with E-state index in [9.17, 15) is 9.59 Å². The number of hydrogen-bond acceptors (Lipinski definition) is 3. The molecule has 0 radical (unpaired) electrons. The quantitative estimate of drug-likeness (QED) is 0.703. The molecule has 5 heteroatoms. The van der Waals surface area contributed by atoms with Crippen LogP contribution in [-0.2, 0) is 9.59 Å². The highest BCUT2D eigenvalue weighted by molar-refractivity contribution is 5.87. The van der Waals surface area contributed by atoms with Gasteiger partial charge in [-0.15, -0.1) is 0 Å². The topological polar surface area (TPSA) is 92.4 Å². The van der Waals surface area contributed by atoms with Gasteiger partial charge in [-0.25, -0.2) is 4.79 Å². The Kier molecular flexibility index (Phi) is 5.32. The second-order valence-electron chi connectivity index (χ2n) is 4.09. The Morgan fingerprint density at radius 1 is 1.33 bits per heavy atom. The van der Waals surface area contributed by atoms with Crippen molar-refractivity contribution in [3.8, 4) is 0 Å². The number of amides is 1. The van der Waals surface area contributed by atoms with Crippen LogP contribution < -0.4 is 11.1 Å². The van der Waals surface area contributed by atoms with Gasteiger partial charge in [-0.05, 0) is 12.0 Å². The molecule has 5 nitrogen and oxygen atoms in total. The number of carbonyl (C=O) groups excluding carboxylic acids is 1. The van der Waals surface area contributed by atoms with Gasteiger partial charge in [0, 0.05) is 0 Å². The van der Waals surface area contributed by atoms with E-state index >= 15 is 0 Å². The number of hydrogen-bond donors (Lipinski definition) is 3. The molecule has 18 heavy (non-hydrogen) atoms. The van der Waals surface area contributed by atoms with Gasteiger partial charge in [0.15, 0.2) is 6.04 Å². The maximum Gasteiger partial charge on any atom is 0.330 e. The molecule has 0 heterocycles. The number of benzene rings is 1. The molecule has 1 aromatic rings. The van der Waals surface area contributed by atoms with Crippen LogP contribution in [-0.4, -0.2) is 23.0 Å². The van der Waals surface area contributed by atoms with Crippen molar-refractivity contribution in [1.29, 1.82) is 0 Å². The summed E-state index contributed by atoms with van der Waals surface area (Å²) in [6.45, 7) is 1.92. The lowest BCUT2D eigenvalue weighted by Crippen LogP contribution is -2.44. The second kappa shape index (κ2) is 6.76. The van der Waals surface area contributed by atoms with Gasteiger partial charge in [-0.1, -0.05) is 43.7 Å². The van der Waals surface area contributed by atoms with E-state index in [0.29, 0.717) is 12.0 Å². The van der Waals surface area contributed by atoms with Crippen LogP contribution in [0.3, 0.4) is 0 Å². The minimum Gasteiger partial charge on any atom is -0.479 e. The summed E-state index contributed by atoms with van der Waals surface area (Å²) in [5, 5.41) is 11.6. The van der Waals surface area contributed by atoms with E-state index < -0.39 is 24.0 Å². The van der Waals surface area contributed by atoms with Crippen molar-refractivity contribution in [2.45, 2.75) is 31.8 Å². The van der Waals surface area contributed by atoms with E-state index in [-0.39, 0.29) is 0 Å². The highest BCUT2D eigenvalue weighted by atomic mass is 16.4. The SMILES string of the molecule is CCCC(N)C(=O)NC(C(=O)O)c1ccccc1. The van der Waals surface area contributed by atoms with Crippen LogP contribution in [0.4, 0.5) is 0 Å². The highest BCUT2D eigenvalue weighted by Gasteiger charge is 2.24. The van der Waals surface area contributed by atoms with Crippen molar-refractivity contribution in [2.24, 2.45) is 5.73 Å². The first-order valence-corrected chi connectivity index (χ1v) is 5.90. The van der Waals surface area contributed by atoms with Gasteiger partial charge in [-0.3, -0.25) is 4.79 Å². The molecule has 98 valence electrons. The fourth-order valence-electron chi connectivity index (χ4n) is 1.62. The fraction of sp³-hybridized carbons (Fsp3) is 0.385. The third-order valence-corrected chi connectivity index (χ3v) is 2.60. The van der Waals surface area contributed by atoms with Crippen molar-refractivity contribution in [3.05, 3.63) is 35.9 Å². The van der Waals surface area contributed by atoms with E-state index in [4.69, 9.17) is 10.8 Å². The van der Waals surface area contributed by atoms with Crippen molar-refractivity contribution in [3.63, 3.8) is 0 Å². The molecule has 0 aliphatic rings. The third kappa shape index (κ3) is 3.85. The van der Waals surface area contributed by atoms with Crippen LogP contribution in [0.1, 0.15) is 31.4 Å². The summed E-state index contributed by atoms with van der Waals surface area (Å²) in [7, 11) is 0. The van der Waals surface area contributed by atoms with E-state index in [1.807, 2.05) is 6.92 Å². The van der Waals surface area contributed by atoms with Gasteiger partial charge in [-0.2, -0.15) is 0 Å². The molecule has 2 unspecified atom stereocenters. The monoisotopic (exact) mass is 250 g/mol. The number of carbonyl (C=O) groups is 2. The summed E-state index contributed by atoms with van der Waals surface area (Å²) in [6, 6.07) is 6.83. The van der Waals surface area contributed by atoms with Crippen LogP contribution in [0.2, 0.25) is 0 Å². The predicted molar refractivity (Wildman–Crippen MR) is 67.8 cm³/mol. The standard InChI is InChI=1S/C13H18N2O3/c1-2-6-10(14)12(16)15-11(13(17)18)9-7-4-3-5-8-9/h3-5,7-8,10-11H,2,6,14H2,1H3,(H,15,16)(H,17,18). The number of nitrogens with two attached hydrogens (primary N) is 1. The van der Waals surface area contributed by atoms with E-state index in [0.717, 1.165) is 6.42 Å². The van der Waals surface area contributed by atoms with Gasteiger partial charge in [0.05, 0.1) is 6.04 Å². The molecule has 1 amide bonds. The molecule has 0 saturated heterocycles. The van der Waals surface area contributed by atoms with E-state index in [1.165, 1.54) is 0 Å². The van der Waals surface area contributed by atoms with Crippen LogP contribution in [0.15, 0.2) is 30.3 Å². The molecule has 0 spiro atoms. The van der Waals surface area contributed by atoms with E-state index in [1.54, 1.807) is 30.3 Å². The lowest BCUT2D eigenvalue weighted by molar-refractivity contribution is -0.142. The van der Waals surface area contributed by atoms with Crippen molar-refractivity contribution in [1.82, 2.24) is 5.32 Å². The molecule has 4 N–H and O–H groups in total. The molecule has 0 saturated carbocycles. The molecule has 2 atom stereocenters. The molecule has 0 aromatic heterocycles. The summed E-state index contributed by atoms with van der Waals surface area (Å²) in [4.78, 5) is 22.9. The minimum absolute atomic E-state index is 0.437. The minimum atomic E-state index is -1.10. The lowest BCUT2D eigenvalue weighted by atomic mass is 10.1. The summed E-state index contributed by atoms with van der Waals surface area (Å²) in [5.41, 5.74) is 6.18. The smallest absolute Gasteiger partial charge is 0.330 e. The van der Waals surface area contributed by atoms with Gasteiger partial charge in [0.2, 0.25) is 5.91 Å². The highest BCUT2D eigenvalue weighted by Crippen LogP contribution is 2.13. The Balaban J connectivity index is 2.76. The average Bonchev–Trinajstić information content (AvgIpc) is 2.36. The molecular weight excluding hydrogens is 232 g/mol. The molecule has 1 aromatic carbocycles. The number of carboxylic acids is 1.